The summed E-state index contributed by atoms with van der Waals surface area (Å²) in [6, 6.07) is 1.79. The summed E-state index contributed by atoms with van der Waals surface area (Å²) in [5.41, 5.74) is 0.694. The lowest BCUT2D eigenvalue weighted by Gasteiger charge is -2.29. The summed E-state index contributed by atoms with van der Waals surface area (Å²) in [7, 11) is -3.00. The Morgan fingerprint density at radius 3 is 2.26 bits per heavy atom. The minimum absolute atomic E-state index is 0.680. The molecule has 1 fully saturated rings. The molecule has 0 aromatic rings. The number of nitrogens with one attached hydrogen (secondary N) is 1. The molecule has 1 heterocycles. The molecule has 6 heteroatoms. The highest BCUT2D eigenvalue weighted by Crippen LogP contribution is 2.18. The van der Waals surface area contributed by atoms with Crippen molar-refractivity contribution in [3.63, 3.8) is 0 Å². The molecular weight excluding hydrogens is 320 g/mol. The fourth-order valence-corrected chi connectivity index (χ4v) is 6.33. The van der Waals surface area contributed by atoms with E-state index in [0.717, 1.165) is 19.3 Å². The molecule has 1 N–H and O–H groups in total. The first-order valence-electron chi connectivity index (χ1n) is 9.46. The normalized spacial score (nSPS) is 21.8. The van der Waals surface area contributed by atoms with Gasteiger partial charge < -0.3 is 19.1 Å². The molecule has 1 aliphatic heterocycles. The van der Waals surface area contributed by atoms with Crippen LogP contribution < -0.4 is 5.32 Å². The zero-order valence-corrected chi connectivity index (χ0v) is 18.6. The second kappa shape index (κ2) is 9.68. The van der Waals surface area contributed by atoms with Gasteiger partial charge in [0.2, 0.25) is 0 Å². The van der Waals surface area contributed by atoms with Crippen LogP contribution in [0.25, 0.3) is 0 Å². The fraction of sp³-hybridized carbons (Fsp3) is 1.00. The van der Waals surface area contributed by atoms with Crippen LogP contribution in [0.5, 0.6) is 0 Å². The van der Waals surface area contributed by atoms with E-state index in [-0.39, 0.29) is 0 Å². The van der Waals surface area contributed by atoms with Gasteiger partial charge in [0, 0.05) is 25.8 Å². The van der Waals surface area contributed by atoms with Crippen molar-refractivity contribution in [2.45, 2.75) is 77.6 Å². The molecule has 1 aliphatic rings. The van der Waals surface area contributed by atoms with E-state index in [9.17, 15) is 0 Å². The first-order valence-corrected chi connectivity index (χ1v) is 15.6. The van der Waals surface area contributed by atoms with Crippen LogP contribution in [-0.2, 0) is 8.85 Å². The summed E-state index contributed by atoms with van der Waals surface area (Å²) in [5.74, 6) is 0. The van der Waals surface area contributed by atoms with Crippen molar-refractivity contribution in [2.75, 3.05) is 32.8 Å². The van der Waals surface area contributed by atoms with E-state index in [1.807, 2.05) is 0 Å². The topological polar surface area (TPSA) is 33.7 Å². The second-order valence-electron chi connectivity index (χ2n) is 8.14. The van der Waals surface area contributed by atoms with Crippen LogP contribution in [-0.4, -0.2) is 66.1 Å². The maximum absolute atomic E-state index is 5.94. The molecule has 0 aliphatic carbocycles. The predicted octanol–water partition coefficient (Wildman–Crippen LogP) is 3.45. The summed E-state index contributed by atoms with van der Waals surface area (Å²) >= 11 is 0. The van der Waals surface area contributed by atoms with E-state index in [4.69, 9.17) is 8.85 Å². The molecule has 0 bridgehead atoms. The van der Waals surface area contributed by atoms with Crippen molar-refractivity contribution in [3.8, 4) is 0 Å². The van der Waals surface area contributed by atoms with E-state index in [2.05, 4.69) is 57.2 Å². The number of hydrogen-bond acceptors (Lipinski definition) is 4. The Balaban J connectivity index is 2.29. The van der Waals surface area contributed by atoms with Crippen molar-refractivity contribution in [2.24, 2.45) is 0 Å². The van der Waals surface area contributed by atoms with Crippen LogP contribution in [0.3, 0.4) is 0 Å². The maximum Gasteiger partial charge on any atom is 0.334 e. The highest BCUT2D eigenvalue weighted by Gasteiger charge is 2.32. The molecule has 0 radical (unpaired) electrons. The summed E-state index contributed by atoms with van der Waals surface area (Å²) in [6.45, 7) is 21.2. The van der Waals surface area contributed by atoms with Gasteiger partial charge >= 0.3 is 8.56 Å². The Hall–Kier alpha value is 0.274. The van der Waals surface area contributed by atoms with Crippen LogP contribution in [0, 0.1) is 0 Å². The molecule has 1 saturated heterocycles. The van der Waals surface area contributed by atoms with Crippen LogP contribution in [0.1, 0.15) is 33.6 Å². The smallest absolute Gasteiger partial charge is 0.334 e. The predicted molar refractivity (Wildman–Crippen MR) is 105 cm³/mol. The highest BCUT2D eigenvalue weighted by atomic mass is 28.4. The molecule has 4 nitrogen and oxygen atoms in total. The van der Waals surface area contributed by atoms with E-state index in [0.29, 0.717) is 11.7 Å². The Bertz CT molecular complexity index is 331. The Labute approximate surface area is 146 Å². The molecule has 2 unspecified atom stereocenters. The van der Waals surface area contributed by atoms with Gasteiger partial charge in [-0.1, -0.05) is 26.6 Å². The Morgan fingerprint density at radius 1 is 1.13 bits per heavy atom. The zero-order valence-electron chi connectivity index (χ0n) is 16.6. The number of rotatable bonds is 11. The average molecular weight is 361 g/mol. The lowest BCUT2D eigenvalue weighted by Crippen LogP contribution is -2.51. The molecule has 0 aromatic heterocycles. The average Bonchev–Trinajstić information content (AvgIpc) is 2.85. The van der Waals surface area contributed by atoms with Crippen molar-refractivity contribution in [1.82, 2.24) is 10.2 Å². The standard InChI is InChI=1S/C17H40N2O2Si2/c1-8-20-23(7,21-9-2)14-10-12-19-13-11-17(15-19)18-16(3)22(4,5)6/h16-18H,8-15H2,1-7H3. The molecule has 2 atom stereocenters. The molecule has 1 rings (SSSR count). The van der Waals surface area contributed by atoms with Crippen LogP contribution >= 0.6 is 0 Å². The van der Waals surface area contributed by atoms with Gasteiger partial charge in [0.25, 0.3) is 0 Å². The van der Waals surface area contributed by atoms with Gasteiger partial charge in [-0.15, -0.1) is 0 Å². The third-order valence-electron chi connectivity index (χ3n) is 5.06. The van der Waals surface area contributed by atoms with Crippen LogP contribution in [0.2, 0.25) is 32.2 Å². The largest absolute Gasteiger partial charge is 0.395 e. The van der Waals surface area contributed by atoms with E-state index < -0.39 is 16.6 Å². The van der Waals surface area contributed by atoms with E-state index >= 15 is 0 Å². The maximum atomic E-state index is 5.94. The second-order valence-corrected chi connectivity index (χ2v) is 17.1. The summed E-state index contributed by atoms with van der Waals surface area (Å²) in [6.07, 6.45) is 2.49. The number of likely N-dealkylation sites (tertiary alicyclic amines) is 1. The SMILES string of the molecule is CCO[Si](C)(CCCN1CCC(NC(C)[Si](C)(C)C)C1)OCC. The molecule has 0 spiro atoms. The van der Waals surface area contributed by atoms with Gasteiger partial charge in [-0.05, 0) is 58.0 Å². The van der Waals surface area contributed by atoms with Crippen molar-refractivity contribution < 1.29 is 8.85 Å². The fourth-order valence-electron chi connectivity index (χ4n) is 3.20. The first kappa shape index (κ1) is 21.3. The summed E-state index contributed by atoms with van der Waals surface area (Å²) in [4.78, 5) is 2.61. The third-order valence-corrected chi connectivity index (χ3v) is 10.9. The van der Waals surface area contributed by atoms with E-state index in [1.54, 1.807) is 0 Å². The molecular formula is C17H40N2O2Si2. The summed E-state index contributed by atoms with van der Waals surface area (Å²) < 4.78 is 11.9. The van der Waals surface area contributed by atoms with Gasteiger partial charge in [0.1, 0.15) is 0 Å². The van der Waals surface area contributed by atoms with Crippen molar-refractivity contribution in [1.29, 1.82) is 0 Å². The van der Waals surface area contributed by atoms with Gasteiger partial charge in [0.15, 0.2) is 0 Å². The lowest BCUT2D eigenvalue weighted by atomic mass is 10.3. The number of nitrogens with zero attached hydrogens (tertiary/aromatic N) is 1. The van der Waals surface area contributed by atoms with Gasteiger partial charge in [0.05, 0.1) is 8.07 Å². The lowest BCUT2D eigenvalue weighted by molar-refractivity contribution is 0.186. The quantitative estimate of drug-likeness (QED) is 0.572. The minimum atomic E-state index is -1.93. The molecule has 0 aromatic carbocycles. The first-order chi connectivity index (χ1) is 10.7. The highest BCUT2D eigenvalue weighted by molar-refractivity contribution is 6.77. The van der Waals surface area contributed by atoms with Gasteiger partial charge in [-0.3, -0.25) is 0 Å². The molecule has 138 valence electrons. The molecule has 0 saturated carbocycles. The van der Waals surface area contributed by atoms with Crippen molar-refractivity contribution >= 4 is 16.6 Å². The summed E-state index contributed by atoms with van der Waals surface area (Å²) in [5, 5.41) is 3.88. The molecule has 23 heavy (non-hydrogen) atoms. The van der Waals surface area contributed by atoms with Crippen LogP contribution in [0.15, 0.2) is 0 Å². The zero-order chi connectivity index (χ0) is 17.5. The van der Waals surface area contributed by atoms with Gasteiger partial charge in [-0.2, -0.15) is 0 Å². The minimum Gasteiger partial charge on any atom is -0.395 e. The van der Waals surface area contributed by atoms with E-state index in [1.165, 1.54) is 32.5 Å². The Kier molecular flexibility index (Phi) is 8.97. The third kappa shape index (κ3) is 7.79. The van der Waals surface area contributed by atoms with Gasteiger partial charge in [-0.25, -0.2) is 0 Å². The Morgan fingerprint density at radius 2 is 1.74 bits per heavy atom. The van der Waals surface area contributed by atoms with Crippen molar-refractivity contribution in [3.05, 3.63) is 0 Å². The van der Waals surface area contributed by atoms with Crippen LogP contribution in [0.4, 0.5) is 0 Å². The number of hydrogen-bond donors (Lipinski definition) is 1. The molecule has 0 amide bonds. The monoisotopic (exact) mass is 360 g/mol.